The van der Waals surface area contributed by atoms with Crippen molar-refractivity contribution < 1.29 is 10.0 Å². The average Bonchev–Trinajstić information content (AvgIpc) is 2.22. The maximum Gasteiger partial charge on any atom is 0.245 e. The lowest BCUT2D eigenvalue weighted by Crippen LogP contribution is -2.63. The van der Waals surface area contributed by atoms with Crippen molar-refractivity contribution in [3.8, 4) is 0 Å². The number of nitrogens with zero attached hydrogens (tertiary/aromatic N) is 2. The normalized spacial score (nSPS) is 24.4. The summed E-state index contributed by atoms with van der Waals surface area (Å²) in [5.41, 5.74) is -0.662. The molecule has 0 radical (unpaired) electrons. The number of hydroxylamine groups is 2. The highest BCUT2D eigenvalue weighted by atomic mass is 16.5. The van der Waals surface area contributed by atoms with Crippen LogP contribution in [-0.4, -0.2) is 45.2 Å². The van der Waals surface area contributed by atoms with Gasteiger partial charge in [-0.2, -0.15) is 5.06 Å². The first kappa shape index (κ1) is 14.2. The summed E-state index contributed by atoms with van der Waals surface area (Å²) in [7, 11) is 1.80. The van der Waals surface area contributed by atoms with E-state index in [-0.39, 0.29) is 23.0 Å². The summed E-state index contributed by atoms with van der Waals surface area (Å²) in [4.78, 5) is 13.4. The monoisotopic (exact) mass is 240 g/mol. The molecule has 0 saturated carbocycles. The first-order chi connectivity index (χ1) is 7.62. The maximum absolute atomic E-state index is 11.6. The van der Waals surface area contributed by atoms with Gasteiger partial charge in [-0.25, -0.2) is 0 Å². The summed E-state index contributed by atoms with van der Waals surface area (Å²) in [6.07, 6.45) is 2.84. The third-order valence-electron chi connectivity index (χ3n) is 3.69. The molecule has 1 amide bonds. The summed E-state index contributed by atoms with van der Waals surface area (Å²) in [6.45, 7) is 11.5. The van der Waals surface area contributed by atoms with Crippen molar-refractivity contribution in [2.75, 3.05) is 7.05 Å². The second kappa shape index (κ2) is 4.42. The number of piperidine rings is 1. The molecule has 0 aromatic heterocycles. The molecule has 0 aliphatic carbocycles. The Morgan fingerprint density at radius 1 is 1.35 bits per heavy atom. The van der Waals surface area contributed by atoms with Gasteiger partial charge in [-0.15, -0.1) is 0 Å². The van der Waals surface area contributed by atoms with Gasteiger partial charge in [-0.1, -0.05) is 6.58 Å². The SMILES string of the molecule is C=CC(=O)N(C)C1CC(C)(C)N(O)C(C)(C)C1. The van der Waals surface area contributed by atoms with Gasteiger partial charge in [0.1, 0.15) is 0 Å². The van der Waals surface area contributed by atoms with E-state index >= 15 is 0 Å². The van der Waals surface area contributed by atoms with Crippen LogP contribution in [0.2, 0.25) is 0 Å². The minimum Gasteiger partial charge on any atom is -0.339 e. The molecule has 0 aromatic carbocycles. The third-order valence-corrected chi connectivity index (χ3v) is 3.69. The fourth-order valence-electron chi connectivity index (χ4n) is 2.82. The van der Waals surface area contributed by atoms with Crippen molar-refractivity contribution in [3.63, 3.8) is 0 Å². The van der Waals surface area contributed by atoms with E-state index in [0.717, 1.165) is 12.8 Å². The molecule has 1 aliphatic heterocycles. The summed E-state index contributed by atoms with van der Waals surface area (Å²) >= 11 is 0. The molecule has 17 heavy (non-hydrogen) atoms. The molecule has 0 spiro atoms. The van der Waals surface area contributed by atoms with Gasteiger partial charge >= 0.3 is 0 Å². The van der Waals surface area contributed by atoms with E-state index in [4.69, 9.17) is 0 Å². The Kier molecular flexibility index (Phi) is 3.69. The molecule has 1 saturated heterocycles. The van der Waals surface area contributed by atoms with Crippen LogP contribution in [0.3, 0.4) is 0 Å². The van der Waals surface area contributed by atoms with Crippen molar-refractivity contribution in [2.45, 2.75) is 57.7 Å². The standard InChI is InChI=1S/C13H24N2O2/c1-7-11(16)14(6)10-8-12(2,3)15(17)13(4,5)9-10/h7,10,17H,1,8-9H2,2-6H3. The number of likely N-dealkylation sites (N-methyl/N-ethyl adjacent to an activating group) is 1. The lowest BCUT2D eigenvalue weighted by molar-refractivity contribution is -0.250. The smallest absolute Gasteiger partial charge is 0.245 e. The molecular weight excluding hydrogens is 216 g/mol. The highest BCUT2D eigenvalue weighted by Crippen LogP contribution is 2.38. The lowest BCUT2D eigenvalue weighted by Gasteiger charge is -2.53. The number of hydrogen-bond donors (Lipinski definition) is 1. The molecule has 98 valence electrons. The van der Waals surface area contributed by atoms with E-state index in [1.165, 1.54) is 11.1 Å². The van der Waals surface area contributed by atoms with Crippen LogP contribution in [0.1, 0.15) is 40.5 Å². The first-order valence-corrected chi connectivity index (χ1v) is 6.00. The van der Waals surface area contributed by atoms with Crippen LogP contribution in [0.25, 0.3) is 0 Å². The number of rotatable bonds is 2. The van der Waals surface area contributed by atoms with Crippen LogP contribution >= 0.6 is 0 Å². The van der Waals surface area contributed by atoms with Gasteiger partial charge in [0.15, 0.2) is 0 Å². The van der Waals surface area contributed by atoms with Crippen LogP contribution in [0.15, 0.2) is 12.7 Å². The quantitative estimate of drug-likeness (QED) is 0.751. The van der Waals surface area contributed by atoms with Gasteiger partial charge in [0.2, 0.25) is 5.91 Å². The van der Waals surface area contributed by atoms with Gasteiger partial charge in [0, 0.05) is 24.2 Å². The minimum atomic E-state index is -0.331. The molecule has 1 heterocycles. The molecule has 0 aromatic rings. The van der Waals surface area contributed by atoms with E-state index in [1.54, 1.807) is 11.9 Å². The molecule has 0 bridgehead atoms. The Balaban J connectivity index is 2.92. The fraction of sp³-hybridized carbons (Fsp3) is 0.769. The largest absolute Gasteiger partial charge is 0.339 e. The van der Waals surface area contributed by atoms with Gasteiger partial charge in [-0.05, 0) is 46.6 Å². The number of amides is 1. The van der Waals surface area contributed by atoms with Gasteiger partial charge in [-0.3, -0.25) is 4.79 Å². The summed E-state index contributed by atoms with van der Waals surface area (Å²) < 4.78 is 0. The number of carbonyl (C=O) groups excluding carboxylic acids is 1. The maximum atomic E-state index is 11.6. The van der Waals surface area contributed by atoms with Gasteiger partial charge in [0.25, 0.3) is 0 Å². The number of carbonyl (C=O) groups is 1. The second-order valence-electron chi connectivity index (χ2n) is 6.15. The predicted molar refractivity (Wildman–Crippen MR) is 67.8 cm³/mol. The van der Waals surface area contributed by atoms with Crippen LogP contribution in [0, 0.1) is 0 Å². The third kappa shape index (κ3) is 2.69. The highest BCUT2D eigenvalue weighted by Gasteiger charge is 2.46. The van der Waals surface area contributed by atoms with Crippen LogP contribution < -0.4 is 0 Å². The van der Waals surface area contributed by atoms with Crippen LogP contribution in [0.5, 0.6) is 0 Å². The predicted octanol–water partition coefficient (Wildman–Crippen LogP) is 2.04. The zero-order chi connectivity index (χ0) is 13.4. The molecule has 1 fully saturated rings. The van der Waals surface area contributed by atoms with Gasteiger partial charge < -0.3 is 10.1 Å². The Hall–Kier alpha value is -0.870. The van der Waals surface area contributed by atoms with Crippen molar-refractivity contribution in [1.29, 1.82) is 0 Å². The summed E-state index contributed by atoms with van der Waals surface area (Å²) in [5, 5.41) is 11.6. The molecule has 4 heteroatoms. The summed E-state index contributed by atoms with van der Waals surface area (Å²) in [5.74, 6) is -0.0620. The van der Waals surface area contributed by atoms with Crippen molar-refractivity contribution >= 4 is 5.91 Å². The Morgan fingerprint density at radius 2 is 1.76 bits per heavy atom. The molecule has 1 aliphatic rings. The molecule has 1 rings (SSSR count). The van der Waals surface area contributed by atoms with Crippen molar-refractivity contribution in [2.24, 2.45) is 0 Å². The Morgan fingerprint density at radius 3 is 2.12 bits per heavy atom. The zero-order valence-electron chi connectivity index (χ0n) is 11.5. The molecule has 0 atom stereocenters. The van der Waals surface area contributed by atoms with Gasteiger partial charge in [0.05, 0.1) is 0 Å². The number of hydrogen-bond acceptors (Lipinski definition) is 3. The first-order valence-electron chi connectivity index (χ1n) is 6.00. The van der Waals surface area contributed by atoms with E-state index in [9.17, 15) is 10.0 Å². The average molecular weight is 240 g/mol. The Labute approximate surface area is 104 Å². The van der Waals surface area contributed by atoms with E-state index in [1.807, 2.05) is 27.7 Å². The molecule has 0 unspecified atom stereocenters. The van der Waals surface area contributed by atoms with E-state index in [2.05, 4.69) is 6.58 Å². The minimum absolute atomic E-state index is 0.0620. The summed E-state index contributed by atoms with van der Waals surface area (Å²) in [6, 6.07) is 0.133. The van der Waals surface area contributed by atoms with Crippen molar-refractivity contribution in [1.82, 2.24) is 9.96 Å². The topological polar surface area (TPSA) is 43.8 Å². The molecule has 1 N–H and O–H groups in total. The lowest BCUT2D eigenvalue weighted by atomic mass is 9.78. The molecule has 4 nitrogen and oxygen atoms in total. The van der Waals surface area contributed by atoms with Crippen LogP contribution in [0.4, 0.5) is 0 Å². The van der Waals surface area contributed by atoms with E-state index in [0.29, 0.717) is 0 Å². The zero-order valence-corrected chi connectivity index (χ0v) is 11.5. The van der Waals surface area contributed by atoms with E-state index < -0.39 is 0 Å². The molecular formula is C13H24N2O2. The van der Waals surface area contributed by atoms with Crippen molar-refractivity contribution in [3.05, 3.63) is 12.7 Å². The fourth-order valence-corrected chi connectivity index (χ4v) is 2.82. The highest BCUT2D eigenvalue weighted by molar-refractivity contribution is 5.87. The second-order valence-corrected chi connectivity index (χ2v) is 6.15. The Bertz CT molecular complexity index is 305. The van der Waals surface area contributed by atoms with Crippen LogP contribution in [-0.2, 0) is 4.79 Å².